The number of aliphatic hydroxyl groups is 1. The van der Waals surface area contributed by atoms with Gasteiger partial charge in [-0.3, -0.25) is 0 Å². The minimum absolute atomic E-state index is 0.333. The van der Waals surface area contributed by atoms with E-state index in [1.165, 1.54) is 0 Å². The van der Waals surface area contributed by atoms with Crippen LogP contribution in [0, 0.1) is 0 Å². The van der Waals surface area contributed by atoms with Crippen LogP contribution in [0.4, 0.5) is 0 Å². The van der Waals surface area contributed by atoms with Crippen LogP contribution in [0.3, 0.4) is 0 Å². The van der Waals surface area contributed by atoms with Gasteiger partial charge in [0, 0.05) is 11.5 Å². The van der Waals surface area contributed by atoms with Gasteiger partial charge in [-0.05, 0) is 41.8 Å². The average molecular weight is 402 g/mol. The van der Waals surface area contributed by atoms with Gasteiger partial charge in [0.25, 0.3) is 0 Å². The first-order chi connectivity index (χ1) is 13.9. The number of ether oxygens (including phenoxy) is 5. The summed E-state index contributed by atoms with van der Waals surface area (Å²) in [6.45, 7) is 5.70. The molecule has 0 radical (unpaired) electrons. The first kappa shape index (κ1) is 22.4. The van der Waals surface area contributed by atoms with Gasteiger partial charge in [0.2, 0.25) is 5.75 Å². The molecule has 6 nitrogen and oxygen atoms in total. The number of hydrogen-bond donors (Lipinski definition) is 1. The molecule has 0 saturated carbocycles. The maximum atomic E-state index is 11.2. The Bertz CT molecular complexity index is 795. The zero-order valence-corrected chi connectivity index (χ0v) is 17.9. The summed E-state index contributed by atoms with van der Waals surface area (Å²) in [5, 5.41) is 11.2. The Labute approximate surface area is 172 Å². The van der Waals surface area contributed by atoms with Crippen LogP contribution < -0.4 is 23.7 Å². The number of allylic oxidation sites excluding steroid dienone is 1. The van der Waals surface area contributed by atoms with Gasteiger partial charge in [0.1, 0.15) is 11.5 Å². The molecule has 0 aliphatic heterocycles. The first-order valence-corrected chi connectivity index (χ1v) is 9.29. The van der Waals surface area contributed by atoms with Crippen molar-refractivity contribution in [1.82, 2.24) is 0 Å². The van der Waals surface area contributed by atoms with E-state index >= 15 is 0 Å². The molecule has 0 saturated heterocycles. The largest absolute Gasteiger partial charge is 0.496 e. The number of benzene rings is 2. The molecular formula is C23H30O6. The van der Waals surface area contributed by atoms with Crippen LogP contribution in [0.5, 0.6) is 28.7 Å². The van der Waals surface area contributed by atoms with Crippen LogP contribution in [0.15, 0.2) is 36.9 Å². The molecule has 2 aromatic carbocycles. The average Bonchev–Trinajstić information content (AvgIpc) is 2.76. The second-order valence-electron chi connectivity index (χ2n) is 6.60. The van der Waals surface area contributed by atoms with E-state index in [1.54, 1.807) is 47.7 Å². The third-order valence-electron chi connectivity index (χ3n) is 4.94. The van der Waals surface area contributed by atoms with Crippen molar-refractivity contribution in [2.75, 3.05) is 35.5 Å². The predicted octanol–water partition coefficient (Wildman–Crippen LogP) is 4.30. The fraction of sp³-hybridized carbons (Fsp3) is 0.391. The summed E-state index contributed by atoms with van der Waals surface area (Å²) >= 11 is 0. The van der Waals surface area contributed by atoms with Crippen molar-refractivity contribution in [2.45, 2.75) is 25.4 Å². The minimum atomic E-state index is -0.864. The Morgan fingerprint density at radius 3 is 1.69 bits per heavy atom. The minimum Gasteiger partial charge on any atom is -0.496 e. The Hall–Kier alpha value is -2.86. The zero-order valence-electron chi connectivity index (χ0n) is 17.9. The molecule has 0 bridgehead atoms. The first-order valence-electron chi connectivity index (χ1n) is 9.29. The van der Waals surface area contributed by atoms with Gasteiger partial charge in [0.15, 0.2) is 11.5 Å². The second kappa shape index (κ2) is 10.1. The Morgan fingerprint density at radius 1 is 0.828 bits per heavy atom. The number of hydrogen-bond acceptors (Lipinski definition) is 6. The normalized spacial score (nSPS) is 12.7. The zero-order chi connectivity index (χ0) is 21.6. The van der Waals surface area contributed by atoms with Gasteiger partial charge in [-0.25, -0.2) is 0 Å². The highest BCUT2D eigenvalue weighted by molar-refractivity contribution is 5.56. The maximum absolute atomic E-state index is 11.2. The van der Waals surface area contributed by atoms with Gasteiger partial charge >= 0.3 is 0 Å². The quantitative estimate of drug-likeness (QED) is 0.598. The predicted molar refractivity (Wildman–Crippen MR) is 113 cm³/mol. The summed E-state index contributed by atoms with van der Waals surface area (Å²) < 4.78 is 27.4. The SMILES string of the molecule is C=CCc1cc(OC)c(C(C)C(O)c2cc(OC)c(OC)c(OC)c2)c(OC)c1. The Balaban J connectivity index is 2.54. The fourth-order valence-electron chi connectivity index (χ4n) is 3.45. The molecule has 0 heterocycles. The Morgan fingerprint density at radius 2 is 1.31 bits per heavy atom. The Kier molecular flexibility index (Phi) is 7.79. The van der Waals surface area contributed by atoms with Crippen molar-refractivity contribution in [3.8, 4) is 28.7 Å². The van der Waals surface area contributed by atoms with Crippen molar-refractivity contribution in [1.29, 1.82) is 0 Å². The summed E-state index contributed by atoms with van der Waals surface area (Å²) in [5.41, 5.74) is 2.43. The van der Waals surface area contributed by atoms with Gasteiger partial charge in [-0.15, -0.1) is 6.58 Å². The van der Waals surface area contributed by atoms with E-state index in [9.17, 15) is 5.11 Å². The van der Waals surface area contributed by atoms with Gasteiger partial charge < -0.3 is 28.8 Å². The molecule has 158 valence electrons. The van der Waals surface area contributed by atoms with E-state index in [0.29, 0.717) is 40.7 Å². The lowest BCUT2D eigenvalue weighted by Crippen LogP contribution is -2.12. The number of rotatable bonds is 10. The maximum Gasteiger partial charge on any atom is 0.203 e. The van der Waals surface area contributed by atoms with Crippen molar-refractivity contribution < 1.29 is 28.8 Å². The monoisotopic (exact) mass is 402 g/mol. The molecule has 29 heavy (non-hydrogen) atoms. The third kappa shape index (κ3) is 4.59. The van der Waals surface area contributed by atoms with Crippen LogP contribution in [0.1, 0.15) is 35.6 Å². The molecule has 0 aliphatic rings. The van der Waals surface area contributed by atoms with Crippen LogP contribution in [0.2, 0.25) is 0 Å². The molecule has 2 unspecified atom stereocenters. The molecule has 0 aromatic heterocycles. The molecule has 0 fully saturated rings. The van der Waals surface area contributed by atoms with Crippen LogP contribution >= 0.6 is 0 Å². The summed E-state index contributed by atoms with van der Waals surface area (Å²) in [7, 11) is 7.84. The van der Waals surface area contributed by atoms with Crippen LogP contribution in [-0.2, 0) is 6.42 Å². The molecule has 0 spiro atoms. The van der Waals surface area contributed by atoms with E-state index in [0.717, 1.165) is 11.1 Å². The van der Waals surface area contributed by atoms with E-state index in [4.69, 9.17) is 23.7 Å². The lowest BCUT2D eigenvalue weighted by Gasteiger charge is -2.25. The third-order valence-corrected chi connectivity index (χ3v) is 4.94. The number of methoxy groups -OCH3 is 5. The standard InChI is InChI=1S/C23H30O6/c1-8-9-15-10-17(25-3)21(18(11-15)26-4)14(2)22(24)16-12-19(27-5)23(29-7)20(13-16)28-6/h8,10-14,22,24H,1,9H2,2-7H3. The topological polar surface area (TPSA) is 66.4 Å². The summed E-state index contributed by atoms with van der Waals surface area (Å²) in [6.07, 6.45) is 1.65. The van der Waals surface area contributed by atoms with Crippen molar-refractivity contribution in [3.05, 3.63) is 53.6 Å². The lowest BCUT2D eigenvalue weighted by molar-refractivity contribution is 0.147. The molecule has 1 N–H and O–H groups in total. The highest BCUT2D eigenvalue weighted by Crippen LogP contribution is 2.45. The smallest absolute Gasteiger partial charge is 0.203 e. The fourth-order valence-corrected chi connectivity index (χ4v) is 3.45. The summed E-state index contributed by atoms with van der Waals surface area (Å²) in [6, 6.07) is 7.37. The lowest BCUT2D eigenvalue weighted by atomic mass is 9.88. The van der Waals surface area contributed by atoms with Crippen molar-refractivity contribution in [2.24, 2.45) is 0 Å². The van der Waals surface area contributed by atoms with Crippen LogP contribution in [-0.4, -0.2) is 40.7 Å². The van der Waals surface area contributed by atoms with Gasteiger partial charge in [-0.2, -0.15) is 0 Å². The van der Waals surface area contributed by atoms with Crippen molar-refractivity contribution in [3.63, 3.8) is 0 Å². The molecule has 0 aliphatic carbocycles. The van der Waals surface area contributed by atoms with E-state index < -0.39 is 6.10 Å². The molecule has 2 atom stereocenters. The highest BCUT2D eigenvalue weighted by Gasteiger charge is 2.27. The van der Waals surface area contributed by atoms with E-state index in [-0.39, 0.29) is 5.92 Å². The van der Waals surface area contributed by atoms with Gasteiger partial charge in [-0.1, -0.05) is 13.0 Å². The second-order valence-corrected chi connectivity index (χ2v) is 6.60. The number of aliphatic hydroxyl groups excluding tert-OH is 1. The molecule has 6 heteroatoms. The molecule has 0 amide bonds. The molecule has 2 rings (SSSR count). The summed E-state index contributed by atoms with van der Waals surface area (Å²) in [4.78, 5) is 0. The highest BCUT2D eigenvalue weighted by atomic mass is 16.5. The molecular weight excluding hydrogens is 372 g/mol. The van der Waals surface area contributed by atoms with Gasteiger partial charge in [0.05, 0.1) is 41.7 Å². The van der Waals surface area contributed by atoms with Crippen LogP contribution in [0.25, 0.3) is 0 Å². The van der Waals surface area contributed by atoms with E-state index in [1.807, 2.05) is 25.1 Å². The van der Waals surface area contributed by atoms with Crippen molar-refractivity contribution >= 4 is 0 Å². The molecule has 2 aromatic rings. The summed E-state index contributed by atoms with van der Waals surface area (Å²) in [5.74, 6) is 2.41. The van der Waals surface area contributed by atoms with E-state index in [2.05, 4.69) is 6.58 Å².